The molecule has 0 bridgehead atoms. The van der Waals surface area contributed by atoms with E-state index >= 15 is 0 Å². The Morgan fingerprint density at radius 2 is 1.65 bits per heavy atom. The molecule has 2 heterocycles. The summed E-state index contributed by atoms with van der Waals surface area (Å²) in [6.07, 6.45) is 7.37. The lowest BCUT2D eigenvalue weighted by Gasteiger charge is -2.37. The fourth-order valence-corrected chi connectivity index (χ4v) is 6.10. The normalized spacial score (nSPS) is 20.9. The van der Waals surface area contributed by atoms with E-state index in [2.05, 4.69) is 87.2 Å². The van der Waals surface area contributed by atoms with E-state index in [-0.39, 0.29) is 12.2 Å². The molecule has 4 heteroatoms. The summed E-state index contributed by atoms with van der Waals surface area (Å²) in [6, 6.07) is 19.5. The number of morpholine rings is 1. The lowest BCUT2D eigenvalue weighted by Crippen LogP contribution is -2.42. The van der Waals surface area contributed by atoms with Crippen molar-refractivity contribution in [3.8, 4) is 17.0 Å². The fourth-order valence-electron chi connectivity index (χ4n) is 6.10. The van der Waals surface area contributed by atoms with Crippen molar-refractivity contribution in [1.29, 1.82) is 0 Å². The molecule has 2 fully saturated rings. The van der Waals surface area contributed by atoms with Crippen LogP contribution in [0.15, 0.2) is 54.6 Å². The highest BCUT2D eigenvalue weighted by Gasteiger charge is 2.29. The van der Waals surface area contributed by atoms with Gasteiger partial charge in [-0.25, -0.2) is 0 Å². The molecule has 0 unspecified atom stereocenters. The summed E-state index contributed by atoms with van der Waals surface area (Å²) in [7, 11) is 0. The highest BCUT2D eigenvalue weighted by atomic mass is 16.5. The van der Waals surface area contributed by atoms with Gasteiger partial charge in [-0.2, -0.15) is 0 Å². The minimum absolute atomic E-state index is 0.0835. The fraction of sp³-hybridized carbons (Fsp3) is 0.485. The third kappa shape index (κ3) is 5.91. The molecule has 2 aromatic carbocycles. The summed E-state index contributed by atoms with van der Waals surface area (Å²) >= 11 is 0. The van der Waals surface area contributed by atoms with Crippen molar-refractivity contribution in [2.45, 2.75) is 91.1 Å². The zero-order valence-corrected chi connectivity index (χ0v) is 23.0. The average molecular weight is 499 g/mol. The van der Waals surface area contributed by atoms with Crippen LogP contribution in [0.5, 0.6) is 5.75 Å². The Labute approximate surface area is 223 Å². The van der Waals surface area contributed by atoms with Gasteiger partial charge >= 0.3 is 0 Å². The Morgan fingerprint density at radius 3 is 2.32 bits per heavy atom. The van der Waals surface area contributed by atoms with Crippen molar-refractivity contribution < 1.29 is 9.47 Å². The van der Waals surface area contributed by atoms with Crippen LogP contribution in [0.1, 0.15) is 80.5 Å². The van der Waals surface area contributed by atoms with E-state index < -0.39 is 0 Å². The quantitative estimate of drug-likeness (QED) is 0.323. The second-order valence-electron chi connectivity index (χ2n) is 10.8. The van der Waals surface area contributed by atoms with Crippen molar-refractivity contribution in [3.05, 3.63) is 82.5 Å². The number of hydrogen-bond donors (Lipinski definition) is 0. The summed E-state index contributed by atoms with van der Waals surface area (Å²) in [5.41, 5.74) is 8.62. The first kappa shape index (κ1) is 25.9. The number of benzene rings is 2. The van der Waals surface area contributed by atoms with Gasteiger partial charge in [-0.05, 0) is 69.1 Å². The second-order valence-corrected chi connectivity index (χ2v) is 10.8. The monoisotopic (exact) mass is 498 g/mol. The van der Waals surface area contributed by atoms with Crippen molar-refractivity contribution in [3.63, 3.8) is 0 Å². The average Bonchev–Trinajstić information content (AvgIpc) is 3.43. The van der Waals surface area contributed by atoms with Crippen LogP contribution in [-0.4, -0.2) is 35.2 Å². The molecule has 1 aromatic heterocycles. The van der Waals surface area contributed by atoms with Gasteiger partial charge in [0.1, 0.15) is 5.75 Å². The predicted molar refractivity (Wildman–Crippen MR) is 151 cm³/mol. The Balaban J connectivity index is 1.50. The van der Waals surface area contributed by atoms with Crippen LogP contribution in [0.25, 0.3) is 11.3 Å². The first-order valence-corrected chi connectivity index (χ1v) is 14.3. The minimum Gasteiger partial charge on any atom is -0.490 e. The first-order chi connectivity index (χ1) is 18.1. The van der Waals surface area contributed by atoms with Gasteiger partial charge in [-0.15, -0.1) is 0 Å². The lowest BCUT2D eigenvalue weighted by molar-refractivity contribution is -0.0816. The molecule has 196 valence electrons. The van der Waals surface area contributed by atoms with Gasteiger partial charge in [-0.1, -0.05) is 62.4 Å². The smallest absolute Gasteiger partial charge is 0.128 e. The molecule has 2 aliphatic rings. The van der Waals surface area contributed by atoms with Gasteiger partial charge in [0.15, 0.2) is 0 Å². The topological polar surface area (TPSA) is 34.6 Å². The molecular formula is C33H42N2O2. The van der Waals surface area contributed by atoms with Gasteiger partial charge in [0.05, 0.1) is 24.0 Å². The number of aryl methyl sites for hydroxylation is 3. The maximum absolute atomic E-state index is 6.78. The van der Waals surface area contributed by atoms with E-state index in [4.69, 9.17) is 14.5 Å². The zero-order chi connectivity index (χ0) is 25.8. The van der Waals surface area contributed by atoms with Crippen LogP contribution in [0.3, 0.4) is 0 Å². The van der Waals surface area contributed by atoms with Crippen molar-refractivity contribution in [1.82, 2.24) is 9.88 Å². The van der Waals surface area contributed by atoms with Crippen molar-refractivity contribution >= 4 is 0 Å². The molecule has 5 rings (SSSR count). The molecule has 0 spiro atoms. The van der Waals surface area contributed by atoms with Gasteiger partial charge in [-0.3, -0.25) is 9.88 Å². The van der Waals surface area contributed by atoms with E-state index in [1.54, 1.807) is 0 Å². The Bertz CT molecular complexity index is 1160. The van der Waals surface area contributed by atoms with Crippen molar-refractivity contribution in [2.75, 3.05) is 13.1 Å². The molecule has 4 nitrogen and oxygen atoms in total. The number of nitrogens with zero attached hydrogens (tertiary/aromatic N) is 2. The van der Waals surface area contributed by atoms with Crippen LogP contribution in [0, 0.1) is 6.92 Å². The molecule has 1 aliphatic heterocycles. The highest BCUT2D eigenvalue weighted by Crippen LogP contribution is 2.36. The molecule has 1 aliphatic carbocycles. The minimum atomic E-state index is 0.0835. The summed E-state index contributed by atoms with van der Waals surface area (Å²) in [5, 5.41) is 0. The highest BCUT2D eigenvalue weighted by molar-refractivity contribution is 5.70. The van der Waals surface area contributed by atoms with E-state index in [0.29, 0.717) is 6.10 Å². The van der Waals surface area contributed by atoms with Crippen LogP contribution >= 0.6 is 0 Å². The van der Waals surface area contributed by atoms with E-state index in [1.165, 1.54) is 40.7 Å². The molecule has 1 saturated heterocycles. The molecule has 0 radical (unpaired) electrons. The maximum atomic E-state index is 6.78. The van der Waals surface area contributed by atoms with E-state index in [0.717, 1.165) is 62.5 Å². The van der Waals surface area contributed by atoms with E-state index in [9.17, 15) is 0 Å². The summed E-state index contributed by atoms with van der Waals surface area (Å²) in [5.74, 6) is 1.03. The molecule has 3 aromatic rings. The number of pyridine rings is 1. The SMILES string of the molecule is CCc1cccc(CC)c1-c1cc(OC2CCCC2)c(CN2C[C@@H](C)O[C@H](c3ccccc3)C2)c(C)n1. The molecule has 0 N–H and O–H groups in total. The maximum Gasteiger partial charge on any atom is 0.128 e. The van der Waals surface area contributed by atoms with E-state index in [1.807, 2.05) is 0 Å². The number of ether oxygens (including phenoxy) is 2. The summed E-state index contributed by atoms with van der Waals surface area (Å²) in [4.78, 5) is 7.74. The molecule has 2 atom stereocenters. The van der Waals surface area contributed by atoms with Crippen LogP contribution < -0.4 is 4.74 Å². The Kier molecular flexibility index (Phi) is 8.26. The van der Waals surface area contributed by atoms with Gasteiger partial charge in [0.2, 0.25) is 0 Å². The van der Waals surface area contributed by atoms with Crippen LogP contribution in [0.2, 0.25) is 0 Å². The number of rotatable bonds is 8. The third-order valence-corrected chi connectivity index (χ3v) is 8.03. The van der Waals surface area contributed by atoms with Crippen LogP contribution in [-0.2, 0) is 24.1 Å². The molecule has 37 heavy (non-hydrogen) atoms. The van der Waals surface area contributed by atoms with Gasteiger partial charge in [0, 0.05) is 42.5 Å². The van der Waals surface area contributed by atoms with Gasteiger partial charge < -0.3 is 9.47 Å². The Morgan fingerprint density at radius 1 is 0.946 bits per heavy atom. The zero-order valence-electron chi connectivity index (χ0n) is 23.0. The number of aromatic nitrogens is 1. The second kappa shape index (κ2) is 11.8. The number of hydrogen-bond acceptors (Lipinski definition) is 4. The Hall–Kier alpha value is -2.69. The van der Waals surface area contributed by atoms with Crippen molar-refractivity contribution in [2.24, 2.45) is 0 Å². The predicted octanol–water partition coefficient (Wildman–Crippen LogP) is 7.47. The largest absolute Gasteiger partial charge is 0.490 e. The molecule has 0 amide bonds. The third-order valence-electron chi connectivity index (χ3n) is 8.03. The molecular weight excluding hydrogens is 456 g/mol. The lowest BCUT2D eigenvalue weighted by atomic mass is 9.94. The molecule has 1 saturated carbocycles. The van der Waals surface area contributed by atoms with Gasteiger partial charge in [0.25, 0.3) is 0 Å². The standard InChI is InChI=1S/C33H42N2O2/c1-5-25-15-12-16-26(6-2)33(25)30-19-31(37-28-17-10-11-18-28)29(24(4)34-30)21-35-20-23(3)36-32(22-35)27-13-8-7-9-14-27/h7-9,12-16,19,23,28,32H,5-6,10-11,17-18,20-22H2,1-4H3/t23-,32+/m1/s1. The van der Waals surface area contributed by atoms with Crippen LogP contribution in [0.4, 0.5) is 0 Å². The summed E-state index contributed by atoms with van der Waals surface area (Å²) in [6.45, 7) is 11.4. The summed E-state index contributed by atoms with van der Waals surface area (Å²) < 4.78 is 13.1. The first-order valence-electron chi connectivity index (χ1n) is 14.3.